The van der Waals surface area contributed by atoms with E-state index in [9.17, 15) is 16.8 Å². The van der Waals surface area contributed by atoms with Crippen molar-refractivity contribution in [3.8, 4) is 11.5 Å². The van der Waals surface area contributed by atoms with E-state index >= 15 is 0 Å². The Bertz CT molecular complexity index is 1060. The molecular formula is C17H20BrN3O5S2. The van der Waals surface area contributed by atoms with Gasteiger partial charge in [-0.3, -0.25) is 0 Å². The molecule has 2 aromatic rings. The molecular weight excluding hydrogens is 470 g/mol. The fourth-order valence-corrected chi connectivity index (χ4v) is 4.77. The summed E-state index contributed by atoms with van der Waals surface area (Å²) in [5.41, 5.74) is 1.41. The van der Waals surface area contributed by atoms with Crippen LogP contribution in [0.3, 0.4) is 0 Å². The van der Waals surface area contributed by atoms with E-state index in [1.807, 2.05) is 4.90 Å². The number of hydrogen-bond donors (Lipinski definition) is 2. The van der Waals surface area contributed by atoms with Gasteiger partial charge in [-0.2, -0.15) is 4.72 Å². The standard InChI is InChI=1S/C17H20BrN3O5S2/c1-27(22,23)19-11-13-2-4-14(5-3-13)26-15-6-7-16-17(10-15)28(24,25)20-12-21(16)9-8-18/h2-7,10,19-20H,8-9,11-12H2,1H3. The third-order valence-corrected chi connectivity index (χ3v) is 6.50. The third-order valence-electron chi connectivity index (χ3n) is 4.06. The van der Waals surface area contributed by atoms with Crippen LogP contribution in [0.2, 0.25) is 0 Å². The maximum absolute atomic E-state index is 12.4. The maximum atomic E-state index is 12.4. The van der Waals surface area contributed by atoms with Crippen molar-refractivity contribution >= 4 is 41.7 Å². The molecule has 0 amide bonds. The van der Waals surface area contributed by atoms with E-state index in [1.165, 1.54) is 6.07 Å². The molecule has 3 rings (SSSR count). The average molecular weight is 490 g/mol. The molecule has 1 aliphatic heterocycles. The summed E-state index contributed by atoms with van der Waals surface area (Å²) >= 11 is 3.37. The van der Waals surface area contributed by atoms with Crippen LogP contribution in [0.25, 0.3) is 0 Å². The van der Waals surface area contributed by atoms with Gasteiger partial charge in [-0.05, 0) is 29.8 Å². The van der Waals surface area contributed by atoms with E-state index < -0.39 is 20.0 Å². The van der Waals surface area contributed by atoms with Crippen molar-refractivity contribution in [1.82, 2.24) is 9.44 Å². The molecule has 0 saturated carbocycles. The predicted molar refractivity (Wildman–Crippen MR) is 111 cm³/mol. The highest BCUT2D eigenvalue weighted by atomic mass is 79.9. The van der Waals surface area contributed by atoms with Gasteiger partial charge >= 0.3 is 0 Å². The Balaban J connectivity index is 1.78. The van der Waals surface area contributed by atoms with Crippen LogP contribution in [0, 0.1) is 0 Å². The van der Waals surface area contributed by atoms with Crippen LogP contribution < -0.4 is 19.1 Å². The fraction of sp³-hybridized carbons (Fsp3) is 0.294. The summed E-state index contributed by atoms with van der Waals surface area (Å²) in [5.74, 6) is 0.911. The molecule has 2 N–H and O–H groups in total. The van der Waals surface area contributed by atoms with E-state index in [-0.39, 0.29) is 18.1 Å². The highest BCUT2D eigenvalue weighted by Crippen LogP contribution is 2.33. The van der Waals surface area contributed by atoms with Gasteiger partial charge in [-0.15, -0.1) is 0 Å². The lowest BCUT2D eigenvalue weighted by molar-refractivity contribution is 0.479. The molecule has 1 heterocycles. The van der Waals surface area contributed by atoms with Gasteiger partial charge in [-0.1, -0.05) is 28.1 Å². The lowest BCUT2D eigenvalue weighted by Gasteiger charge is -2.31. The molecule has 0 unspecified atom stereocenters. The molecule has 11 heteroatoms. The van der Waals surface area contributed by atoms with Crippen molar-refractivity contribution in [1.29, 1.82) is 0 Å². The van der Waals surface area contributed by atoms with Gasteiger partial charge in [0.15, 0.2) is 0 Å². The van der Waals surface area contributed by atoms with Gasteiger partial charge in [0, 0.05) is 24.5 Å². The number of fused-ring (bicyclic) bond motifs is 1. The van der Waals surface area contributed by atoms with Crippen LogP contribution in [0.4, 0.5) is 5.69 Å². The Kier molecular flexibility index (Phi) is 6.30. The topological polar surface area (TPSA) is 105 Å². The largest absolute Gasteiger partial charge is 0.457 e. The average Bonchev–Trinajstić information content (AvgIpc) is 2.63. The normalized spacial score (nSPS) is 15.9. The number of rotatable bonds is 7. The number of nitrogens with zero attached hydrogens (tertiary/aromatic N) is 1. The minimum atomic E-state index is -3.59. The molecule has 152 valence electrons. The molecule has 0 aromatic heterocycles. The number of anilines is 1. The second kappa shape index (κ2) is 8.37. The molecule has 0 spiro atoms. The second-order valence-corrected chi connectivity index (χ2v) is 10.6. The predicted octanol–water partition coefficient (Wildman–Crippen LogP) is 1.98. The first-order chi connectivity index (χ1) is 13.2. The quantitative estimate of drug-likeness (QED) is 0.576. The van der Waals surface area contributed by atoms with E-state index in [0.29, 0.717) is 29.1 Å². The molecule has 28 heavy (non-hydrogen) atoms. The summed E-state index contributed by atoms with van der Waals surface area (Å²) in [5, 5.41) is 0.715. The zero-order valence-corrected chi connectivity index (χ0v) is 18.3. The second-order valence-electron chi connectivity index (χ2n) is 6.23. The van der Waals surface area contributed by atoms with Crippen molar-refractivity contribution in [3.05, 3.63) is 48.0 Å². The number of sulfonamides is 2. The highest BCUT2D eigenvalue weighted by Gasteiger charge is 2.28. The smallest absolute Gasteiger partial charge is 0.244 e. The van der Waals surface area contributed by atoms with Gasteiger partial charge in [0.1, 0.15) is 16.4 Å². The first-order valence-electron chi connectivity index (χ1n) is 8.34. The summed E-state index contributed by atoms with van der Waals surface area (Å²) in [6.07, 6.45) is 1.10. The van der Waals surface area contributed by atoms with Gasteiger partial charge < -0.3 is 9.64 Å². The molecule has 0 saturated heterocycles. The van der Waals surface area contributed by atoms with Crippen molar-refractivity contribution < 1.29 is 21.6 Å². The van der Waals surface area contributed by atoms with Crippen LogP contribution in [0.15, 0.2) is 47.4 Å². The molecule has 1 aliphatic rings. The fourth-order valence-electron chi connectivity index (χ4n) is 2.69. The van der Waals surface area contributed by atoms with E-state index in [1.54, 1.807) is 36.4 Å². The number of nitrogens with one attached hydrogen (secondary N) is 2. The number of benzene rings is 2. The molecule has 0 radical (unpaired) electrons. The summed E-state index contributed by atoms with van der Waals surface area (Å²) < 4.78 is 57.8. The summed E-state index contributed by atoms with van der Waals surface area (Å²) in [6.45, 7) is 1.08. The summed E-state index contributed by atoms with van der Waals surface area (Å²) in [7, 11) is -6.85. The summed E-state index contributed by atoms with van der Waals surface area (Å²) in [6, 6.07) is 11.8. The lowest BCUT2D eigenvalue weighted by atomic mass is 10.2. The number of hydrogen-bond acceptors (Lipinski definition) is 6. The first-order valence-corrected chi connectivity index (χ1v) is 12.8. The Morgan fingerprint density at radius 2 is 1.86 bits per heavy atom. The van der Waals surface area contributed by atoms with Crippen molar-refractivity contribution in [2.24, 2.45) is 0 Å². The van der Waals surface area contributed by atoms with Gasteiger partial charge in [0.2, 0.25) is 20.0 Å². The number of ether oxygens (including phenoxy) is 1. The Labute approximate surface area is 173 Å². The Morgan fingerprint density at radius 3 is 2.50 bits per heavy atom. The monoisotopic (exact) mass is 489 g/mol. The van der Waals surface area contributed by atoms with Crippen molar-refractivity contribution in [3.63, 3.8) is 0 Å². The molecule has 8 nitrogen and oxygen atoms in total. The molecule has 0 atom stereocenters. The Morgan fingerprint density at radius 1 is 1.18 bits per heavy atom. The van der Waals surface area contributed by atoms with Crippen LogP contribution in [-0.4, -0.2) is 41.6 Å². The van der Waals surface area contributed by atoms with E-state index in [2.05, 4.69) is 25.4 Å². The number of halogens is 1. The highest BCUT2D eigenvalue weighted by molar-refractivity contribution is 9.09. The molecule has 0 aliphatic carbocycles. The SMILES string of the molecule is CS(=O)(=O)NCc1ccc(Oc2ccc3c(c2)S(=O)(=O)NCN3CCBr)cc1. The zero-order chi connectivity index (χ0) is 20.4. The van der Waals surface area contributed by atoms with Crippen molar-refractivity contribution in [2.75, 3.05) is 29.7 Å². The van der Waals surface area contributed by atoms with Crippen LogP contribution >= 0.6 is 15.9 Å². The molecule has 2 aromatic carbocycles. The van der Waals surface area contributed by atoms with E-state index in [4.69, 9.17) is 4.74 Å². The Hall–Kier alpha value is -1.66. The van der Waals surface area contributed by atoms with Gasteiger partial charge in [0.05, 0.1) is 18.6 Å². The summed E-state index contributed by atoms with van der Waals surface area (Å²) in [4.78, 5) is 2.10. The number of alkyl halides is 1. The van der Waals surface area contributed by atoms with E-state index in [0.717, 1.165) is 11.8 Å². The minimum Gasteiger partial charge on any atom is -0.457 e. The lowest BCUT2D eigenvalue weighted by Crippen LogP contribution is -2.43. The van der Waals surface area contributed by atoms with Gasteiger partial charge in [-0.25, -0.2) is 21.6 Å². The van der Waals surface area contributed by atoms with Crippen LogP contribution in [0.5, 0.6) is 11.5 Å². The zero-order valence-electron chi connectivity index (χ0n) is 15.1. The maximum Gasteiger partial charge on any atom is 0.244 e. The van der Waals surface area contributed by atoms with Crippen LogP contribution in [-0.2, 0) is 26.6 Å². The molecule has 0 fully saturated rings. The van der Waals surface area contributed by atoms with Crippen LogP contribution in [0.1, 0.15) is 5.56 Å². The molecule has 0 bridgehead atoms. The van der Waals surface area contributed by atoms with Crippen molar-refractivity contribution in [2.45, 2.75) is 11.4 Å². The minimum absolute atomic E-state index is 0.172. The van der Waals surface area contributed by atoms with Gasteiger partial charge in [0.25, 0.3) is 0 Å². The third kappa shape index (κ3) is 5.23. The first kappa shape index (κ1) is 21.1.